The third-order valence-corrected chi connectivity index (χ3v) is 6.35. The van der Waals surface area contributed by atoms with Gasteiger partial charge in [0, 0.05) is 18.0 Å². The molecule has 0 saturated carbocycles. The van der Waals surface area contributed by atoms with Crippen molar-refractivity contribution < 1.29 is 19.1 Å². The summed E-state index contributed by atoms with van der Waals surface area (Å²) in [5, 5.41) is 11.0. The average Bonchev–Trinajstić information content (AvgIpc) is 2.99. The first-order valence-electron chi connectivity index (χ1n) is 13.6. The lowest BCUT2D eigenvalue weighted by atomic mass is 9.91. The second-order valence-electron chi connectivity index (χ2n) is 10.5. The number of amides is 1. The third kappa shape index (κ3) is 7.49. The van der Waals surface area contributed by atoms with E-state index in [9.17, 15) is 14.9 Å². The number of esters is 1. The lowest BCUT2D eigenvalue weighted by molar-refractivity contribution is -0.120. The summed E-state index contributed by atoms with van der Waals surface area (Å²) in [4.78, 5) is 32.0. The Morgan fingerprint density at radius 1 is 0.927 bits per heavy atom. The Balaban J connectivity index is 0.00000226. The summed E-state index contributed by atoms with van der Waals surface area (Å²) in [5.41, 5.74) is 3.47. The number of hydrogen-bond donors (Lipinski definition) is 0. The topological polar surface area (TPSA) is 92.5 Å². The van der Waals surface area contributed by atoms with Crippen LogP contribution in [0.4, 0.5) is 5.82 Å². The van der Waals surface area contributed by atoms with E-state index < -0.39 is 5.97 Å². The molecule has 1 amide bonds. The van der Waals surface area contributed by atoms with E-state index in [1.165, 1.54) is 7.11 Å². The smallest absolute Gasteiger partial charge is 0.337 e. The first-order valence-corrected chi connectivity index (χ1v) is 13.6. The van der Waals surface area contributed by atoms with E-state index in [2.05, 4.69) is 11.1 Å². The van der Waals surface area contributed by atoms with Crippen molar-refractivity contribution >= 4 is 28.5 Å². The largest absolute Gasteiger partial charge is 0.495 e. The third-order valence-electron chi connectivity index (χ3n) is 6.35. The number of rotatable bonds is 7. The first-order chi connectivity index (χ1) is 19.6. The molecule has 4 rings (SSSR count). The van der Waals surface area contributed by atoms with E-state index in [-0.39, 0.29) is 11.3 Å². The number of pyridine rings is 1. The van der Waals surface area contributed by atoms with Gasteiger partial charge in [0.25, 0.3) is 0 Å². The molecule has 41 heavy (non-hydrogen) atoms. The van der Waals surface area contributed by atoms with Gasteiger partial charge >= 0.3 is 5.97 Å². The number of nitrogens with zero attached hydrogens (tertiary/aromatic N) is 3. The highest BCUT2D eigenvalue weighted by Crippen LogP contribution is 2.31. The molecular formula is C34H37N3O4. The maximum Gasteiger partial charge on any atom is 0.337 e. The molecule has 0 atom stereocenters. The molecular weight excluding hydrogens is 514 g/mol. The molecule has 0 saturated heterocycles. The molecule has 0 aliphatic heterocycles. The summed E-state index contributed by atoms with van der Waals surface area (Å²) >= 11 is 0. The molecule has 0 radical (unpaired) electrons. The van der Waals surface area contributed by atoms with Crippen molar-refractivity contribution in [1.29, 1.82) is 5.26 Å². The van der Waals surface area contributed by atoms with Crippen LogP contribution in [0.25, 0.3) is 21.9 Å². The molecule has 7 nitrogen and oxygen atoms in total. The Kier molecular flexibility index (Phi) is 10.2. The molecule has 0 unspecified atom stereocenters. The van der Waals surface area contributed by atoms with Crippen LogP contribution in [0.3, 0.4) is 0 Å². The number of benzene rings is 3. The van der Waals surface area contributed by atoms with Crippen molar-refractivity contribution in [3.05, 3.63) is 89.6 Å². The number of fused-ring (bicyclic) bond motifs is 1. The molecule has 212 valence electrons. The molecule has 0 aliphatic rings. The van der Waals surface area contributed by atoms with Gasteiger partial charge in [0.15, 0.2) is 0 Å². The van der Waals surface area contributed by atoms with Crippen molar-refractivity contribution in [3.63, 3.8) is 0 Å². The fourth-order valence-electron chi connectivity index (χ4n) is 4.41. The van der Waals surface area contributed by atoms with Gasteiger partial charge in [-0.05, 0) is 63.9 Å². The Morgan fingerprint density at radius 2 is 1.61 bits per heavy atom. The standard InChI is InChI=1S/C32H31N3O4.C2H6/c1-32(2,3)18-29(36)35(30-27-12-10-25(31(37)39-5)17-24(27)14-15-34-30)20-21-6-8-22(9-7-21)23-11-13-28(38-4)26(16-23)19-33;1-2/h6-17H,18,20H2,1-5H3;1-2H3. The quantitative estimate of drug-likeness (QED) is 0.220. The van der Waals surface area contributed by atoms with Crippen LogP contribution in [0.15, 0.2) is 72.9 Å². The Morgan fingerprint density at radius 3 is 2.22 bits per heavy atom. The maximum atomic E-state index is 13.6. The van der Waals surface area contributed by atoms with E-state index in [0.717, 1.165) is 27.5 Å². The molecule has 0 N–H and O–H groups in total. The molecule has 0 bridgehead atoms. The zero-order valence-corrected chi connectivity index (χ0v) is 24.8. The maximum absolute atomic E-state index is 13.6. The predicted octanol–water partition coefficient (Wildman–Crippen LogP) is 7.56. The number of nitriles is 1. The van der Waals surface area contributed by atoms with Crippen LogP contribution in [-0.2, 0) is 16.1 Å². The highest BCUT2D eigenvalue weighted by atomic mass is 16.5. The van der Waals surface area contributed by atoms with Crippen LogP contribution in [0.2, 0.25) is 0 Å². The molecule has 0 spiro atoms. The van der Waals surface area contributed by atoms with Gasteiger partial charge in [0.1, 0.15) is 17.6 Å². The minimum absolute atomic E-state index is 0.0440. The molecule has 7 heteroatoms. The second-order valence-corrected chi connectivity index (χ2v) is 10.5. The second kappa shape index (κ2) is 13.6. The molecule has 0 fully saturated rings. The van der Waals surface area contributed by atoms with Crippen LogP contribution in [-0.4, -0.2) is 31.1 Å². The minimum atomic E-state index is -0.422. The Hall–Kier alpha value is -4.70. The van der Waals surface area contributed by atoms with Crippen LogP contribution in [0.1, 0.15) is 62.5 Å². The van der Waals surface area contributed by atoms with Gasteiger partial charge in [0.2, 0.25) is 5.91 Å². The van der Waals surface area contributed by atoms with E-state index in [1.54, 1.807) is 48.5 Å². The van der Waals surface area contributed by atoms with Gasteiger partial charge in [-0.3, -0.25) is 9.69 Å². The summed E-state index contributed by atoms with van der Waals surface area (Å²) in [6.45, 7) is 10.4. The number of carbonyl (C=O) groups is 2. The first kappa shape index (κ1) is 30.8. The fraction of sp³-hybridized carbons (Fsp3) is 0.294. The lowest BCUT2D eigenvalue weighted by Gasteiger charge is -2.27. The predicted molar refractivity (Wildman–Crippen MR) is 163 cm³/mol. The summed E-state index contributed by atoms with van der Waals surface area (Å²) in [5.74, 6) is 0.607. The Bertz CT molecular complexity index is 1560. The van der Waals surface area contributed by atoms with Gasteiger partial charge in [-0.2, -0.15) is 5.26 Å². The van der Waals surface area contributed by atoms with Gasteiger partial charge in [0.05, 0.1) is 31.9 Å². The van der Waals surface area contributed by atoms with Crippen LogP contribution >= 0.6 is 0 Å². The van der Waals surface area contributed by atoms with E-state index in [4.69, 9.17) is 9.47 Å². The number of carbonyl (C=O) groups excluding carboxylic acids is 2. The van der Waals surface area contributed by atoms with E-state index in [1.807, 2.05) is 71.0 Å². The van der Waals surface area contributed by atoms with E-state index in [0.29, 0.717) is 35.7 Å². The highest BCUT2D eigenvalue weighted by Gasteiger charge is 2.25. The molecule has 1 aromatic heterocycles. The number of aromatic nitrogens is 1. The van der Waals surface area contributed by atoms with Crippen molar-refractivity contribution in [2.45, 2.75) is 47.6 Å². The zero-order valence-electron chi connectivity index (χ0n) is 24.8. The van der Waals surface area contributed by atoms with Crippen molar-refractivity contribution in [3.8, 4) is 22.9 Å². The SMILES string of the molecule is CC.COC(=O)c1ccc2c(N(Cc3ccc(-c4ccc(OC)c(C#N)c4)cc3)C(=O)CC(C)(C)C)nccc2c1. The summed E-state index contributed by atoms with van der Waals surface area (Å²) < 4.78 is 10.1. The monoisotopic (exact) mass is 551 g/mol. The average molecular weight is 552 g/mol. The molecule has 4 aromatic rings. The molecule has 0 aliphatic carbocycles. The fourth-order valence-corrected chi connectivity index (χ4v) is 4.41. The van der Waals surface area contributed by atoms with Gasteiger partial charge in [-0.15, -0.1) is 0 Å². The van der Waals surface area contributed by atoms with Gasteiger partial charge in [-0.1, -0.05) is 65.0 Å². The van der Waals surface area contributed by atoms with Gasteiger partial charge < -0.3 is 9.47 Å². The lowest BCUT2D eigenvalue weighted by Crippen LogP contribution is -2.34. The summed E-state index contributed by atoms with van der Waals surface area (Å²) in [6.07, 6.45) is 1.99. The summed E-state index contributed by atoms with van der Waals surface area (Å²) in [7, 11) is 2.89. The van der Waals surface area contributed by atoms with E-state index >= 15 is 0 Å². The number of anilines is 1. The van der Waals surface area contributed by atoms with Crippen LogP contribution < -0.4 is 9.64 Å². The molecule has 1 heterocycles. The number of ether oxygens (including phenoxy) is 2. The van der Waals surface area contributed by atoms with Crippen LogP contribution in [0, 0.1) is 16.7 Å². The zero-order chi connectivity index (χ0) is 30.2. The minimum Gasteiger partial charge on any atom is -0.495 e. The van der Waals surface area contributed by atoms with Crippen molar-refractivity contribution in [2.75, 3.05) is 19.1 Å². The van der Waals surface area contributed by atoms with Gasteiger partial charge in [-0.25, -0.2) is 9.78 Å². The van der Waals surface area contributed by atoms with Crippen LogP contribution in [0.5, 0.6) is 5.75 Å². The van der Waals surface area contributed by atoms with Crippen molar-refractivity contribution in [2.24, 2.45) is 5.41 Å². The number of methoxy groups -OCH3 is 2. The number of hydrogen-bond acceptors (Lipinski definition) is 6. The normalized spacial score (nSPS) is 10.7. The van der Waals surface area contributed by atoms with Crippen molar-refractivity contribution in [1.82, 2.24) is 4.98 Å². The molecule has 3 aromatic carbocycles. The highest BCUT2D eigenvalue weighted by molar-refractivity contribution is 6.04. The summed E-state index contributed by atoms with van der Waals surface area (Å²) in [6, 6.07) is 22.6. The Labute approximate surface area is 242 Å².